The molecule has 1 amide bonds. The first-order valence-corrected chi connectivity index (χ1v) is 8.99. The van der Waals surface area contributed by atoms with Gasteiger partial charge in [-0.05, 0) is 38.1 Å². The van der Waals surface area contributed by atoms with Crippen molar-refractivity contribution in [3.8, 4) is 11.5 Å². The van der Waals surface area contributed by atoms with Crippen LogP contribution in [0, 0.1) is 13.8 Å². The van der Waals surface area contributed by atoms with Gasteiger partial charge in [-0.3, -0.25) is 9.59 Å². The van der Waals surface area contributed by atoms with Crippen molar-refractivity contribution in [3.05, 3.63) is 71.1 Å². The van der Waals surface area contributed by atoms with Crippen LogP contribution in [0.5, 0.6) is 0 Å². The van der Waals surface area contributed by atoms with Crippen molar-refractivity contribution in [2.24, 2.45) is 0 Å². The number of ketones is 1. The van der Waals surface area contributed by atoms with Gasteiger partial charge in [0.15, 0.2) is 5.78 Å². The molecule has 0 aliphatic carbocycles. The Balaban J connectivity index is 1.59. The molecule has 5 heteroatoms. The SMILES string of the molecule is Cc1cccc(-c2nc(CC(=O)N3CCC(=O)c4ccccc43)c(C)o2)c1. The fourth-order valence-electron chi connectivity index (χ4n) is 3.40. The molecule has 1 aliphatic heterocycles. The highest BCUT2D eigenvalue weighted by Crippen LogP contribution is 2.28. The van der Waals surface area contributed by atoms with Crippen LogP contribution in [0.1, 0.15) is 33.8 Å². The van der Waals surface area contributed by atoms with Gasteiger partial charge in [0.25, 0.3) is 0 Å². The van der Waals surface area contributed by atoms with Gasteiger partial charge in [0.2, 0.25) is 11.8 Å². The second-order valence-corrected chi connectivity index (χ2v) is 6.80. The molecule has 0 atom stereocenters. The lowest BCUT2D eigenvalue weighted by molar-refractivity contribution is -0.118. The summed E-state index contributed by atoms with van der Waals surface area (Å²) in [5, 5.41) is 0. The largest absolute Gasteiger partial charge is 0.441 e. The first kappa shape index (κ1) is 17.2. The fourth-order valence-corrected chi connectivity index (χ4v) is 3.40. The predicted octanol–water partition coefficient (Wildman–Crippen LogP) is 4.12. The van der Waals surface area contributed by atoms with E-state index in [1.54, 1.807) is 11.0 Å². The Morgan fingerprint density at radius 3 is 2.78 bits per heavy atom. The lowest BCUT2D eigenvalue weighted by Gasteiger charge is -2.28. The quantitative estimate of drug-likeness (QED) is 0.705. The number of oxazole rings is 1. The summed E-state index contributed by atoms with van der Waals surface area (Å²) < 4.78 is 5.79. The summed E-state index contributed by atoms with van der Waals surface area (Å²) >= 11 is 0. The molecule has 2 heterocycles. The number of aromatic nitrogens is 1. The standard InChI is InChI=1S/C22H20N2O3/c1-14-6-5-7-16(12-14)22-23-18(15(2)27-22)13-21(26)24-11-10-20(25)17-8-3-4-9-19(17)24/h3-9,12H,10-11,13H2,1-2H3. The molecule has 0 saturated heterocycles. The number of hydrogen-bond donors (Lipinski definition) is 0. The molecule has 136 valence electrons. The minimum Gasteiger partial charge on any atom is -0.441 e. The second kappa shape index (κ2) is 6.83. The first-order chi connectivity index (χ1) is 13.0. The number of Topliss-reactive ketones (excluding diaryl/α,β-unsaturated/α-hetero) is 1. The molecule has 0 N–H and O–H groups in total. The van der Waals surface area contributed by atoms with Crippen molar-refractivity contribution >= 4 is 17.4 Å². The summed E-state index contributed by atoms with van der Waals surface area (Å²) in [6, 6.07) is 15.2. The second-order valence-electron chi connectivity index (χ2n) is 6.80. The zero-order chi connectivity index (χ0) is 19.0. The summed E-state index contributed by atoms with van der Waals surface area (Å²) in [6.45, 7) is 4.23. The van der Waals surface area contributed by atoms with Gasteiger partial charge in [-0.2, -0.15) is 0 Å². The van der Waals surface area contributed by atoms with Crippen molar-refractivity contribution in [1.29, 1.82) is 0 Å². The lowest BCUT2D eigenvalue weighted by atomic mass is 10.00. The molecule has 4 rings (SSSR count). The molecule has 0 fully saturated rings. The van der Waals surface area contributed by atoms with Crippen molar-refractivity contribution in [2.75, 3.05) is 11.4 Å². The molecular weight excluding hydrogens is 340 g/mol. The average molecular weight is 360 g/mol. The molecular formula is C22H20N2O3. The van der Waals surface area contributed by atoms with E-state index in [0.717, 1.165) is 11.1 Å². The minimum absolute atomic E-state index is 0.0778. The highest BCUT2D eigenvalue weighted by Gasteiger charge is 2.28. The first-order valence-electron chi connectivity index (χ1n) is 8.99. The maximum Gasteiger partial charge on any atom is 0.233 e. The van der Waals surface area contributed by atoms with Gasteiger partial charge in [-0.25, -0.2) is 4.98 Å². The highest BCUT2D eigenvalue weighted by atomic mass is 16.4. The van der Waals surface area contributed by atoms with Gasteiger partial charge in [0.05, 0.1) is 17.8 Å². The number of carbonyl (C=O) groups excluding carboxylic acids is 2. The molecule has 0 radical (unpaired) electrons. The zero-order valence-corrected chi connectivity index (χ0v) is 15.4. The van der Waals surface area contributed by atoms with E-state index in [-0.39, 0.29) is 18.1 Å². The van der Waals surface area contributed by atoms with Crippen LogP contribution in [0.15, 0.2) is 52.9 Å². The molecule has 0 unspecified atom stereocenters. The number of nitrogens with zero attached hydrogens (tertiary/aromatic N) is 2. The van der Waals surface area contributed by atoms with E-state index in [9.17, 15) is 9.59 Å². The molecule has 0 spiro atoms. The van der Waals surface area contributed by atoms with Crippen LogP contribution in [0.4, 0.5) is 5.69 Å². The number of fused-ring (bicyclic) bond motifs is 1. The zero-order valence-electron chi connectivity index (χ0n) is 15.4. The van der Waals surface area contributed by atoms with Crippen molar-refractivity contribution in [3.63, 3.8) is 0 Å². The number of amides is 1. The number of carbonyl (C=O) groups is 2. The average Bonchev–Trinajstić information content (AvgIpc) is 3.03. The van der Waals surface area contributed by atoms with Crippen LogP contribution in [0.3, 0.4) is 0 Å². The van der Waals surface area contributed by atoms with Crippen LogP contribution in [-0.4, -0.2) is 23.2 Å². The van der Waals surface area contributed by atoms with Gasteiger partial charge < -0.3 is 9.32 Å². The third-order valence-electron chi connectivity index (χ3n) is 4.84. The summed E-state index contributed by atoms with van der Waals surface area (Å²) in [4.78, 5) is 31.2. The fraction of sp³-hybridized carbons (Fsp3) is 0.227. The van der Waals surface area contributed by atoms with Crippen LogP contribution in [0.2, 0.25) is 0 Å². The highest BCUT2D eigenvalue weighted by molar-refractivity contribution is 6.09. The number of rotatable bonds is 3. The summed E-state index contributed by atoms with van der Waals surface area (Å²) in [5.74, 6) is 1.16. The van der Waals surface area contributed by atoms with E-state index in [0.29, 0.717) is 41.6 Å². The van der Waals surface area contributed by atoms with Crippen molar-refractivity contribution in [2.45, 2.75) is 26.7 Å². The number of aryl methyl sites for hydroxylation is 2. The van der Waals surface area contributed by atoms with Crippen molar-refractivity contribution < 1.29 is 14.0 Å². The molecule has 5 nitrogen and oxygen atoms in total. The topological polar surface area (TPSA) is 63.4 Å². The number of para-hydroxylation sites is 1. The molecule has 3 aromatic rings. The third-order valence-corrected chi connectivity index (χ3v) is 4.84. The molecule has 0 bridgehead atoms. The molecule has 1 aliphatic rings. The number of anilines is 1. The Morgan fingerprint density at radius 2 is 1.96 bits per heavy atom. The Kier molecular flexibility index (Phi) is 4.36. The Labute approximate surface area is 157 Å². The molecule has 27 heavy (non-hydrogen) atoms. The molecule has 2 aromatic carbocycles. The predicted molar refractivity (Wildman–Crippen MR) is 103 cm³/mol. The van der Waals surface area contributed by atoms with Gasteiger partial charge in [0.1, 0.15) is 5.76 Å². The van der Waals surface area contributed by atoms with Gasteiger partial charge in [0, 0.05) is 24.1 Å². The number of benzene rings is 2. The van der Waals surface area contributed by atoms with Gasteiger partial charge in [-0.15, -0.1) is 0 Å². The Hall–Kier alpha value is -3.21. The van der Waals surface area contributed by atoms with Crippen molar-refractivity contribution in [1.82, 2.24) is 4.98 Å². The smallest absolute Gasteiger partial charge is 0.233 e. The lowest BCUT2D eigenvalue weighted by Crippen LogP contribution is -2.38. The van der Waals surface area contributed by atoms with Crippen LogP contribution in [0.25, 0.3) is 11.5 Å². The third kappa shape index (κ3) is 3.28. The van der Waals surface area contributed by atoms with E-state index in [1.807, 2.05) is 56.3 Å². The maximum absolute atomic E-state index is 12.9. The molecule has 1 aromatic heterocycles. The molecule has 0 saturated carbocycles. The van der Waals surface area contributed by atoms with Crippen LogP contribution in [-0.2, 0) is 11.2 Å². The van der Waals surface area contributed by atoms with E-state index < -0.39 is 0 Å². The summed E-state index contributed by atoms with van der Waals surface area (Å²) in [7, 11) is 0. The van der Waals surface area contributed by atoms with Crippen LogP contribution < -0.4 is 4.90 Å². The van der Waals surface area contributed by atoms with E-state index in [2.05, 4.69) is 4.98 Å². The maximum atomic E-state index is 12.9. The Morgan fingerprint density at radius 1 is 1.15 bits per heavy atom. The Bertz CT molecular complexity index is 1040. The number of hydrogen-bond acceptors (Lipinski definition) is 4. The van der Waals surface area contributed by atoms with Crippen LogP contribution >= 0.6 is 0 Å². The van der Waals surface area contributed by atoms with E-state index in [4.69, 9.17) is 4.42 Å². The van der Waals surface area contributed by atoms with E-state index in [1.165, 1.54) is 0 Å². The normalized spacial score (nSPS) is 13.6. The minimum atomic E-state index is -0.0813. The summed E-state index contributed by atoms with van der Waals surface area (Å²) in [6.07, 6.45) is 0.485. The summed E-state index contributed by atoms with van der Waals surface area (Å²) in [5.41, 5.74) is 3.93. The monoisotopic (exact) mass is 360 g/mol. The van der Waals surface area contributed by atoms with Gasteiger partial charge >= 0.3 is 0 Å². The van der Waals surface area contributed by atoms with E-state index >= 15 is 0 Å². The van der Waals surface area contributed by atoms with Gasteiger partial charge in [-0.1, -0.05) is 29.8 Å².